The third kappa shape index (κ3) is 2.92. The van der Waals surface area contributed by atoms with Crippen molar-refractivity contribution in [3.05, 3.63) is 23.8 Å². The van der Waals surface area contributed by atoms with Gasteiger partial charge in [-0.3, -0.25) is 0 Å². The quantitative estimate of drug-likeness (QED) is 0.770. The first-order chi connectivity index (χ1) is 6.63. The summed E-state index contributed by atoms with van der Waals surface area (Å²) in [6.07, 6.45) is 0.189. The van der Waals surface area contributed by atoms with Gasteiger partial charge in [-0.25, -0.2) is 0 Å². The van der Waals surface area contributed by atoms with Crippen molar-refractivity contribution < 1.29 is 14.9 Å². The Morgan fingerprint density at radius 3 is 2.71 bits per heavy atom. The van der Waals surface area contributed by atoms with Crippen LogP contribution in [0.3, 0.4) is 0 Å². The summed E-state index contributed by atoms with van der Waals surface area (Å²) in [7, 11) is 0. The topological polar surface area (TPSA) is 49.7 Å². The van der Waals surface area contributed by atoms with E-state index in [9.17, 15) is 10.2 Å². The molecule has 0 aliphatic heterocycles. The zero-order chi connectivity index (χ0) is 10.6. The van der Waals surface area contributed by atoms with E-state index in [-0.39, 0.29) is 11.9 Å². The van der Waals surface area contributed by atoms with E-state index in [2.05, 4.69) is 0 Å². The number of hydrogen-bond acceptors (Lipinski definition) is 3. The molecule has 0 heterocycles. The summed E-state index contributed by atoms with van der Waals surface area (Å²) in [4.78, 5) is 0. The highest BCUT2D eigenvalue weighted by atomic mass is 16.5. The van der Waals surface area contributed by atoms with Crippen molar-refractivity contribution in [1.29, 1.82) is 0 Å². The molecule has 3 heteroatoms. The predicted molar refractivity (Wildman–Crippen MR) is 54.7 cm³/mol. The van der Waals surface area contributed by atoms with Gasteiger partial charge < -0.3 is 14.9 Å². The number of hydrogen-bond donors (Lipinski definition) is 2. The van der Waals surface area contributed by atoms with E-state index in [0.717, 1.165) is 5.56 Å². The highest BCUT2D eigenvalue weighted by molar-refractivity contribution is 5.41. The van der Waals surface area contributed by atoms with Crippen LogP contribution in [0.5, 0.6) is 11.5 Å². The van der Waals surface area contributed by atoms with Gasteiger partial charge in [0.2, 0.25) is 0 Å². The first-order valence-electron chi connectivity index (χ1n) is 4.76. The van der Waals surface area contributed by atoms with Gasteiger partial charge in [-0.05, 0) is 38.0 Å². The van der Waals surface area contributed by atoms with Crippen LogP contribution in [0.1, 0.15) is 19.4 Å². The molecule has 78 valence electrons. The van der Waals surface area contributed by atoms with Crippen LogP contribution in [-0.4, -0.2) is 22.9 Å². The van der Waals surface area contributed by atoms with Crippen LogP contribution in [-0.2, 0) is 6.42 Å². The Labute approximate surface area is 84.0 Å². The Bertz CT molecular complexity index is 295. The lowest BCUT2D eigenvalue weighted by molar-refractivity contribution is 0.195. The molecule has 0 unspecified atom stereocenters. The maximum atomic E-state index is 9.41. The Morgan fingerprint density at radius 2 is 2.14 bits per heavy atom. The van der Waals surface area contributed by atoms with Crippen molar-refractivity contribution in [2.75, 3.05) is 6.61 Å². The maximum absolute atomic E-state index is 9.41. The molecule has 0 fully saturated rings. The Hall–Kier alpha value is -1.22. The lowest BCUT2D eigenvalue weighted by Gasteiger charge is -2.09. The molecule has 0 saturated carbocycles. The Balaban J connectivity index is 2.83. The summed E-state index contributed by atoms with van der Waals surface area (Å²) in [5.41, 5.74) is 0.959. The molecular formula is C11H16O3. The van der Waals surface area contributed by atoms with Crippen molar-refractivity contribution in [2.24, 2.45) is 0 Å². The van der Waals surface area contributed by atoms with Gasteiger partial charge in [-0.1, -0.05) is 6.07 Å². The number of aliphatic hydroxyl groups is 1. The van der Waals surface area contributed by atoms with E-state index in [1.807, 2.05) is 6.92 Å². The lowest BCUT2D eigenvalue weighted by atomic mass is 10.1. The summed E-state index contributed by atoms with van der Waals surface area (Å²) >= 11 is 0. The van der Waals surface area contributed by atoms with E-state index < -0.39 is 0 Å². The second-order valence-corrected chi connectivity index (χ2v) is 3.29. The number of ether oxygens (including phenoxy) is 1. The largest absolute Gasteiger partial charge is 0.504 e. The molecule has 14 heavy (non-hydrogen) atoms. The van der Waals surface area contributed by atoms with Crippen molar-refractivity contribution in [1.82, 2.24) is 0 Å². The van der Waals surface area contributed by atoms with Crippen LogP contribution in [0.25, 0.3) is 0 Å². The van der Waals surface area contributed by atoms with E-state index in [1.165, 1.54) is 0 Å². The first-order valence-corrected chi connectivity index (χ1v) is 4.76. The van der Waals surface area contributed by atoms with Crippen LogP contribution in [0.4, 0.5) is 0 Å². The molecule has 0 aliphatic rings. The minimum atomic E-state index is -0.381. The van der Waals surface area contributed by atoms with Gasteiger partial charge in [0.15, 0.2) is 11.5 Å². The highest BCUT2D eigenvalue weighted by Crippen LogP contribution is 2.27. The average Bonchev–Trinajstić information content (AvgIpc) is 2.10. The van der Waals surface area contributed by atoms with Gasteiger partial charge in [-0.2, -0.15) is 0 Å². The number of aliphatic hydroxyl groups excluding tert-OH is 1. The zero-order valence-electron chi connectivity index (χ0n) is 8.53. The van der Waals surface area contributed by atoms with Gasteiger partial charge in [0.1, 0.15) is 0 Å². The summed E-state index contributed by atoms with van der Waals surface area (Å²) in [5, 5.41) is 18.6. The van der Waals surface area contributed by atoms with Crippen molar-refractivity contribution in [3.8, 4) is 11.5 Å². The van der Waals surface area contributed by atoms with Crippen LogP contribution >= 0.6 is 0 Å². The average molecular weight is 196 g/mol. The molecule has 1 atom stereocenters. The maximum Gasteiger partial charge on any atom is 0.161 e. The van der Waals surface area contributed by atoms with Crippen LogP contribution in [0.15, 0.2) is 18.2 Å². The van der Waals surface area contributed by atoms with Crippen LogP contribution in [0, 0.1) is 0 Å². The summed E-state index contributed by atoms with van der Waals surface area (Å²) < 4.78 is 5.23. The summed E-state index contributed by atoms with van der Waals surface area (Å²) in [5.74, 6) is 0.617. The van der Waals surface area contributed by atoms with E-state index in [0.29, 0.717) is 18.8 Å². The minimum absolute atomic E-state index is 0.140. The fraction of sp³-hybridized carbons (Fsp3) is 0.455. The predicted octanol–water partition coefficient (Wildman–Crippen LogP) is 1.71. The highest BCUT2D eigenvalue weighted by Gasteiger charge is 2.05. The minimum Gasteiger partial charge on any atom is -0.504 e. The molecule has 1 aromatic carbocycles. The summed E-state index contributed by atoms with van der Waals surface area (Å²) in [6.45, 7) is 4.11. The van der Waals surface area contributed by atoms with Gasteiger partial charge in [-0.15, -0.1) is 0 Å². The van der Waals surface area contributed by atoms with E-state index in [1.54, 1.807) is 25.1 Å². The lowest BCUT2D eigenvalue weighted by Crippen LogP contribution is -2.04. The zero-order valence-corrected chi connectivity index (χ0v) is 8.53. The Kier molecular flexibility index (Phi) is 3.77. The molecule has 0 spiro atoms. The third-order valence-corrected chi connectivity index (χ3v) is 1.86. The molecule has 0 aliphatic carbocycles. The van der Waals surface area contributed by atoms with Gasteiger partial charge in [0, 0.05) is 0 Å². The summed E-state index contributed by atoms with van der Waals surface area (Å²) in [6, 6.07) is 5.12. The van der Waals surface area contributed by atoms with Gasteiger partial charge in [0.05, 0.1) is 12.7 Å². The molecule has 0 saturated heterocycles. The standard InChI is InChI=1S/C11H16O3/c1-3-14-11-7-9(6-8(2)12)4-5-10(11)13/h4-5,7-8,12-13H,3,6H2,1-2H3/t8-/m1/s1. The molecule has 2 N–H and O–H groups in total. The number of rotatable bonds is 4. The molecule has 3 nitrogen and oxygen atoms in total. The molecule has 0 bridgehead atoms. The fourth-order valence-electron chi connectivity index (χ4n) is 1.30. The number of phenols is 1. The molecule has 0 amide bonds. The van der Waals surface area contributed by atoms with Crippen LogP contribution < -0.4 is 4.74 Å². The molecule has 0 radical (unpaired) electrons. The number of phenolic OH excluding ortho intramolecular Hbond substituents is 1. The number of benzene rings is 1. The van der Waals surface area contributed by atoms with E-state index >= 15 is 0 Å². The molecular weight excluding hydrogens is 180 g/mol. The van der Waals surface area contributed by atoms with Crippen molar-refractivity contribution >= 4 is 0 Å². The molecule has 0 aromatic heterocycles. The Morgan fingerprint density at radius 1 is 1.43 bits per heavy atom. The second-order valence-electron chi connectivity index (χ2n) is 3.29. The van der Waals surface area contributed by atoms with E-state index in [4.69, 9.17) is 4.74 Å². The first kappa shape index (κ1) is 10.9. The van der Waals surface area contributed by atoms with Crippen LogP contribution in [0.2, 0.25) is 0 Å². The molecule has 1 aromatic rings. The van der Waals surface area contributed by atoms with Crippen molar-refractivity contribution in [3.63, 3.8) is 0 Å². The normalized spacial score (nSPS) is 12.5. The van der Waals surface area contributed by atoms with Gasteiger partial charge in [0.25, 0.3) is 0 Å². The van der Waals surface area contributed by atoms with Crippen molar-refractivity contribution in [2.45, 2.75) is 26.4 Å². The fourth-order valence-corrected chi connectivity index (χ4v) is 1.30. The monoisotopic (exact) mass is 196 g/mol. The SMILES string of the molecule is CCOc1cc(C[C@@H](C)O)ccc1O. The third-order valence-electron chi connectivity index (χ3n) is 1.86. The molecule has 1 rings (SSSR count). The second kappa shape index (κ2) is 4.86. The van der Waals surface area contributed by atoms with Gasteiger partial charge >= 0.3 is 0 Å². The number of aromatic hydroxyl groups is 1. The smallest absolute Gasteiger partial charge is 0.161 e.